The third-order valence-corrected chi connectivity index (χ3v) is 2.57. The second kappa shape index (κ2) is 5.21. The van der Waals surface area contributed by atoms with E-state index in [9.17, 15) is 4.79 Å². The Bertz CT molecular complexity index is 539. The van der Waals surface area contributed by atoms with Gasteiger partial charge in [-0.2, -0.15) is 15.4 Å². The predicted octanol–water partition coefficient (Wildman–Crippen LogP) is 1.06. The van der Waals surface area contributed by atoms with E-state index in [2.05, 4.69) is 25.7 Å². The molecule has 0 saturated carbocycles. The van der Waals surface area contributed by atoms with E-state index in [1.54, 1.807) is 12.4 Å². The van der Waals surface area contributed by atoms with Gasteiger partial charge in [-0.15, -0.1) is 0 Å². The first-order chi connectivity index (χ1) is 8.97. The number of nitrogens with one attached hydrogen (secondary N) is 2. The average Bonchev–Trinajstić information content (AvgIpc) is 2.99. The number of carbonyl (C=O) groups excluding carboxylic acids is 1. The molecule has 1 amide bonds. The van der Waals surface area contributed by atoms with Gasteiger partial charge in [0, 0.05) is 18.4 Å². The Morgan fingerprint density at radius 3 is 2.79 bits per heavy atom. The number of rotatable bonds is 4. The molecular weight excluding hydrogens is 246 g/mol. The number of oxazole rings is 1. The van der Waals surface area contributed by atoms with Crippen molar-refractivity contribution in [2.24, 2.45) is 0 Å². The van der Waals surface area contributed by atoms with Crippen LogP contribution in [0.4, 0.5) is 0 Å². The van der Waals surface area contributed by atoms with Gasteiger partial charge < -0.3 is 9.73 Å². The van der Waals surface area contributed by atoms with Crippen molar-refractivity contribution in [1.82, 2.24) is 25.7 Å². The summed E-state index contributed by atoms with van der Waals surface area (Å²) in [6.45, 7) is 6.46. The molecule has 0 radical (unpaired) electrons. The van der Waals surface area contributed by atoms with Gasteiger partial charge in [-0.05, 0) is 0 Å². The van der Waals surface area contributed by atoms with E-state index < -0.39 is 0 Å². The summed E-state index contributed by atoms with van der Waals surface area (Å²) in [6, 6.07) is 0. The molecule has 0 saturated heterocycles. The second-order valence-corrected chi connectivity index (χ2v) is 5.25. The quantitative estimate of drug-likeness (QED) is 0.859. The molecule has 0 fully saturated rings. The van der Waals surface area contributed by atoms with Crippen LogP contribution in [0.5, 0.6) is 0 Å². The summed E-state index contributed by atoms with van der Waals surface area (Å²) in [6.07, 6.45) is 3.82. The molecule has 2 aromatic rings. The highest BCUT2D eigenvalue weighted by atomic mass is 16.4. The van der Waals surface area contributed by atoms with E-state index in [-0.39, 0.29) is 17.2 Å². The van der Waals surface area contributed by atoms with Gasteiger partial charge in [-0.3, -0.25) is 4.79 Å². The molecule has 2 rings (SSSR count). The molecule has 0 aliphatic rings. The molecule has 0 unspecified atom stereocenters. The second-order valence-electron chi connectivity index (χ2n) is 5.25. The lowest BCUT2D eigenvalue weighted by Crippen LogP contribution is -2.26. The molecule has 2 heterocycles. The number of aromatic amines is 1. The van der Waals surface area contributed by atoms with E-state index >= 15 is 0 Å². The standard InChI is InChI=1S/C12H17N5O2/c1-12(2,3)9-7-14-11(19-9)10(18)13-5-4-8-6-15-17-16-8/h6-7H,4-5H2,1-3H3,(H,13,18)(H,15,16,17). The third-order valence-electron chi connectivity index (χ3n) is 2.57. The van der Waals surface area contributed by atoms with Crippen molar-refractivity contribution in [1.29, 1.82) is 0 Å². The highest BCUT2D eigenvalue weighted by molar-refractivity contribution is 5.89. The summed E-state index contributed by atoms with van der Waals surface area (Å²) in [4.78, 5) is 15.8. The molecule has 102 valence electrons. The molecular formula is C12H17N5O2. The molecule has 2 N–H and O–H groups in total. The monoisotopic (exact) mass is 263 g/mol. The van der Waals surface area contributed by atoms with Crippen molar-refractivity contribution in [3.8, 4) is 0 Å². The normalized spacial score (nSPS) is 11.5. The lowest BCUT2D eigenvalue weighted by atomic mass is 9.94. The Balaban J connectivity index is 1.88. The predicted molar refractivity (Wildman–Crippen MR) is 67.6 cm³/mol. The van der Waals surface area contributed by atoms with E-state index in [1.807, 2.05) is 20.8 Å². The van der Waals surface area contributed by atoms with Crippen LogP contribution < -0.4 is 5.32 Å². The number of hydrogen-bond acceptors (Lipinski definition) is 5. The first-order valence-corrected chi connectivity index (χ1v) is 6.06. The minimum Gasteiger partial charge on any atom is -0.437 e. The maximum absolute atomic E-state index is 11.8. The molecule has 0 atom stereocenters. The van der Waals surface area contributed by atoms with Gasteiger partial charge in [0.05, 0.1) is 18.1 Å². The fourth-order valence-electron chi connectivity index (χ4n) is 1.45. The van der Waals surface area contributed by atoms with Gasteiger partial charge in [-0.1, -0.05) is 20.8 Å². The molecule has 7 nitrogen and oxygen atoms in total. The van der Waals surface area contributed by atoms with E-state index in [0.717, 1.165) is 5.69 Å². The number of amides is 1. The summed E-state index contributed by atoms with van der Waals surface area (Å²) in [5.74, 6) is 0.457. The van der Waals surface area contributed by atoms with E-state index in [1.165, 1.54) is 0 Å². The fourth-order valence-corrected chi connectivity index (χ4v) is 1.45. The minimum absolute atomic E-state index is 0.0880. The van der Waals surface area contributed by atoms with Crippen molar-refractivity contribution in [3.05, 3.63) is 29.7 Å². The SMILES string of the molecule is CC(C)(C)c1cnc(C(=O)NCCc2cn[nH]n2)o1. The van der Waals surface area contributed by atoms with Crippen LogP contribution in [0.3, 0.4) is 0 Å². The third kappa shape index (κ3) is 3.40. The fraction of sp³-hybridized carbons (Fsp3) is 0.500. The van der Waals surface area contributed by atoms with E-state index in [4.69, 9.17) is 4.42 Å². The van der Waals surface area contributed by atoms with Gasteiger partial charge in [-0.25, -0.2) is 4.98 Å². The van der Waals surface area contributed by atoms with Gasteiger partial charge in [0.25, 0.3) is 5.89 Å². The van der Waals surface area contributed by atoms with Crippen molar-refractivity contribution in [2.75, 3.05) is 6.54 Å². The largest absolute Gasteiger partial charge is 0.437 e. The van der Waals surface area contributed by atoms with Crippen LogP contribution in [0.1, 0.15) is 42.9 Å². The number of hydrogen-bond donors (Lipinski definition) is 2. The zero-order chi connectivity index (χ0) is 13.9. The first kappa shape index (κ1) is 13.3. The highest BCUT2D eigenvalue weighted by Crippen LogP contribution is 2.22. The van der Waals surface area contributed by atoms with Crippen LogP contribution in [0.15, 0.2) is 16.8 Å². The molecule has 0 aliphatic heterocycles. The van der Waals surface area contributed by atoms with Crippen molar-refractivity contribution < 1.29 is 9.21 Å². The minimum atomic E-state index is -0.320. The van der Waals surface area contributed by atoms with Gasteiger partial charge in [0.1, 0.15) is 5.76 Å². The Morgan fingerprint density at radius 2 is 2.21 bits per heavy atom. The highest BCUT2D eigenvalue weighted by Gasteiger charge is 2.21. The number of aromatic nitrogens is 4. The van der Waals surface area contributed by atoms with Crippen LogP contribution >= 0.6 is 0 Å². The van der Waals surface area contributed by atoms with E-state index in [0.29, 0.717) is 18.7 Å². The maximum atomic E-state index is 11.8. The molecule has 7 heteroatoms. The van der Waals surface area contributed by atoms with Gasteiger partial charge in [0.2, 0.25) is 0 Å². The van der Waals surface area contributed by atoms with Crippen molar-refractivity contribution in [2.45, 2.75) is 32.6 Å². The van der Waals surface area contributed by atoms with Crippen LogP contribution in [0.25, 0.3) is 0 Å². The zero-order valence-electron chi connectivity index (χ0n) is 11.2. The topological polar surface area (TPSA) is 96.7 Å². The summed E-state index contributed by atoms with van der Waals surface area (Å²) >= 11 is 0. The van der Waals surface area contributed by atoms with Crippen molar-refractivity contribution in [3.63, 3.8) is 0 Å². The summed E-state index contributed by atoms with van der Waals surface area (Å²) in [5.41, 5.74) is 0.634. The van der Waals surface area contributed by atoms with Crippen LogP contribution in [-0.2, 0) is 11.8 Å². The maximum Gasteiger partial charge on any atom is 0.307 e. The Kier molecular flexibility index (Phi) is 3.64. The summed E-state index contributed by atoms with van der Waals surface area (Å²) in [5, 5.41) is 12.8. The number of nitrogens with zero attached hydrogens (tertiary/aromatic N) is 3. The molecule has 0 bridgehead atoms. The average molecular weight is 263 g/mol. The Morgan fingerprint density at radius 1 is 1.42 bits per heavy atom. The Labute approximate surface area is 110 Å². The molecule has 19 heavy (non-hydrogen) atoms. The Hall–Kier alpha value is -2.18. The van der Waals surface area contributed by atoms with Gasteiger partial charge in [0.15, 0.2) is 0 Å². The zero-order valence-corrected chi connectivity index (χ0v) is 11.2. The smallest absolute Gasteiger partial charge is 0.307 e. The van der Waals surface area contributed by atoms with Crippen molar-refractivity contribution >= 4 is 5.91 Å². The van der Waals surface area contributed by atoms with Crippen LogP contribution in [0, 0.1) is 0 Å². The molecule has 0 aliphatic carbocycles. The molecule has 0 aromatic carbocycles. The number of H-pyrrole nitrogens is 1. The molecule has 2 aromatic heterocycles. The number of carbonyl (C=O) groups is 1. The van der Waals surface area contributed by atoms with Gasteiger partial charge >= 0.3 is 5.91 Å². The lowest BCUT2D eigenvalue weighted by Gasteiger charge is -2.12. The van der Waals surface area contributed by atoms with Crippen LogP contribution in [-0.4, -0.2) is 32.8 Å². The summed E-state index contributed by atoms with van der Waals surface area (Å²) < 4.78 is 5.44. The first-order valence-electron chi connectivity index (χ1n) is 6.06. The summed E-state index contributed by atoms with van der Waals surface area (Å²) in [7, 11) is 0. The molecule has 0 spiro atoms. The van der Waals surface area contributed by atoms with Crippen LogP contribution in [0.2, 0.25) is 0 Å². The lowest BCUT2D eigenvalue weighted by molar-refractivity contribution is 0.0916.